The number of benzene rings is 1. The molecule has 0 radical (unpaired) electrons. The summed E-state index contributed by atoms with van der Waals surface area (Å²) in [6.07, 6.45) is 0.980. The summed E-state index contributed by atoms with van der Waals surface area (Å²) in [5.41, 5.74) is 2.42. The van der Waals surface area contributed by atoms with Crippen LogP contribution in [0.2, 0.25) is 0 Å². The third-order valence-electron chi connectivity index (χ3n) is 2.07. The molecule has 0 unspecified atom stereocenters. The molecule has 0 bridgehead atoms. The molecule has 0 aliphatic rings. The number of hydrogen-bond donors (Lipinski definition) is 1. The first-order valence-corrected chi connectivity index (χ1v) is 5.46. The molecule has 0 saturated carbocycles. The predicted octanol–water partition coefficient (Wildman–Crippen LogP) is 4.10. The maximum absolute atomic E-state index is 9.37. The fourth-order valence-electron chi connectivity index (χ4n) is 1.24. The number of phenolic OH excluding ortho intramolecular Hbond substituents is 1. The molecule has 14 heavy (non-hydrogen) atoms. The van der Waals surface area contributed by atoms with Crippen molar-refractivity contribution in [2.24, 2.45) is 0 Å². The number of hydrogen-bond acceptors (Lipinski definition) is 1. The Morgan fingerprint density at radius 1 is 1.14 bits per heavy atom. The maximum Gasteiger partial charge on any atom is 0.116 e. The molecule has 0 aromatic heterocycles. The first-order valence-electron chi connectivity index (χ1n) is 5.46. The summed E-state index contributed by atoms with van der Waals surface area (Å²) in [6.45, 7) is 10.4. The number of aromatic hydroxyl groups is 1. The molecule has 0 amide bonds. The molecular weight excluding hydrogens is 172 g/mol. The minimum atomic E-state index is 0.387. The van der Waals surface area contributed by atoms with E-state index in [4.69, 9.17) is 0 Å². The van der Waals surface area contributed by atoms with E-state index in [9.17, 15) is 5.11 Å². The highest BCUT2D eigenvalue weighted by Gasteiger charge is 2.02. The number of aryl methyl sites for hydroxylation is 1. The van der Waals surface area contributed by atoms with E-state index in [1.54, 1.807) is 0 Å². The van der Waals surface area contributed by atoms with Gasteiger partial charge in [0.25, 0.3) is 0 Å². The van der Waals surface area contributed by atoms with Gasteiger partial charge in [0.2, 0.25) is 0 Å². The Morgan fingerprint density at radius 3 is 2.14 bits per heavy atom. The van der Waals surface area contributed by atoms with Crippen LogP contribution in [0.1, 0.15) is 51.7 Å². The van der Waals surface area contributed by atoms with Gasteiger partial charge in [0.05, 0.1) is 0 Å². The van der Waals surface area contributed by atoms with Gasteiger partial charge in [0, 0.05) is 0 Å². The Morgan fingerprint density at radius 2 is 1.71 bits per heavy atom. The Labute approximate surface area is 87.8 Å². The van der Waals surface area contributed by atoms with Crippen LogP contribution in [0, 0.1) is 0 Å². The molecule has 0 fully saturated rings. The lowest BCUT2D eigenvalue weighted by molar-refractivity contribution is 0.473. The fourth-order valence-corrected chi connectivity index (χ4v) is 1.24. The van der Waals surface area contributed by atoms with Crippen molar-refractivity contribution in [1.82, 2.24) is 0 Å². The molecule has 1 aromatic carbocycles. The highest BCUT2D eigenvalue weighted by atomic mass is 16.3. The molecular formula is C13H22O. The van der Waals surface area contributed by atoms with Gasteiger partial charge in [0.15, 0.2) is 0 Å². The Balaban J connectivity index is 0.000000791. The molecule has 0 aliphatic heterocycles. The van der Waals surface area contributed by atoms with Gasteiger partial charge in [-0.05, 0) is 35.6 Å². The molecule has 0 saturated heterocycles. The van der Waals surface area contributed by atoms with Crippen LogP contribution < -0.4 is 0 Å². The quantitative estimate of drug-likeness (QED) is 0.751. The van der Waals surface area contributed by atoms with E-state index < -0.39 is 0 Å². The van der Waals surface area contributed by atoms with Crippen molar-refractivity contribution in [1.29, 1.82) is 0 Å². The first-order chi connectivity index (χ1) is 6.63. The largest absolute Gasteiger partial charge is 0.508 e. The molecule has 80 valence electrons. The minimum Gasteiger partial charge on any atom is -0.508 e. The summed E-state index contributed by atoms with van der Waals surface area (Å²) in [5, 5.41) is 9.37. The molecule has 0 heterocycles. The molecule has 1 aromatic rings. The summed E-state index contributed by atoms with van der Waals surface area (Å²) < 4.78 is 0. The molecule has 1 nitrogen and oxygen atoms in total. The van der Waals surface area contributed by atoms with E-state index in [2.05, 4.69) is 26.8 Å². The second-order valence-corrected chi connectivity index (χ2v) is 3.44. The average Bonchev–Trinajstić information content (AvgIpc) is 2.20. The highest BCUT2D eigenvalue weighted by Crippen LogP contribution is 2.22. The second kappa shape index (κ2) is 6.47. The van der Waals surface area contributed by atoms with Crippen molar-refractivity contribution < 1.29 is 5.11 Å². The number of phenols is 1. The van der Waals surface area contributed by atoms with Gasteiger partial charge >= 0.3 is 0 Å². The van der Waals surface area contributed by atoms with Crippen molar-refractivity contribution in [2.75, 3.05) is 0 Å². The topological polar surface area (TPSA) is 20.2 Å². The van der Waals surface area contributed by atoms with Gasteiger partial charge in [-0.1, -0.05) is 40.7 Å². The molecule has 1 rings (SSSR count). The van der Waals surface area contributed by atoms with Gasteiger partial charge < -0.3 is 5.11 Å². The fraction of sp³-hybridized carbons (Fsp3) is 0.538. The first kappa shape index (κ1) is 13.0. The maximum atomic E-state index is 9.37. The zero-order valence-electron chi connectivity index (χ0n) is 9.96. The Bertz CT molecular complexity index is 264. The standard InChI is InChI=1S/C11H16O.C2H6/c1-4-9-5-10(8(2)3)7-11(12)6-9;1-2/h5-8,12H,4H2,1-3H3;1-2H3. The van der Waals surface area contributed by atoms with Crippen molar-refractivity contribution in [3.05, 3.63) is 29.3 Å². The van der Waals surface area contributed by atoms with Crippen molar-refractivity contribution in [2.45, 2.75) is 47.0 Å². The zero-order chi connectivity index (χ0) is 11.1. The minimum absolute atomic E-state index is 0.387. The Hall–Kier alpha value is -0.980. The lowest BCUT2D eigenvalue weighted by atomic mass is 9.99. The van der Waals surface area contributed by atoms with E-state index in [-0.39, 0.29) is 0 Å². The van der Waals surface area contributed by atoms with E-state index in [0.29, 0.717) is 11.7 Å². The molecule has 1 heteroatoms. The van der Waals surface area contributed by atoms with Crippen molar-refractivity contribution >= 4 is 0 Å². The van der Waals surface area contributed by atoms with E-state index in [1.807, 2.05) is 26.0 Å². The summed E-state index contributed by atoms with van der Waals surface area (Å²) in [7, 11) is 0. The zero-order valence-corrected chi connectivity index (χ0v) is 9.96. The second-order valence-electron chi connectivity index (χ2n) is 3.44. The lowest BCUT2D eigenvalue weighted by Crippen LogP contribution is -1.89. The molecule has 0 spiro atoms. The third-order valence-corrected chi connectivity index (χ3v) is 2.07. The molecule has 1 N–H and O–H groups in total. The summed E-state index contributed by atoms with van der Waals surface area (Å²) in [4.78, 5) is 0. The van der Waals surface area contributed by atoms with Crippen LogP contribution in [0.5, 0.6) is 5.75 Å². The van der Waals surface area contributed by atoms with E-state index >= 15 is 0 Å². The van der Waals surface area contributed by atoms with Crippen LogP contribution >= 0.6 is 0 Å². The average molecular weight is 194 g/mol. The van der Waals surface area contributed by atoms with Gasteiger partial charge in [-0.15, -0.1) is 0 Å². The summed E-state index contributed by atoms with van der Waals surface area (Å²) in [6, 6.07) is 5.82. The van der Waals surface area contributed by atoms with Crippen LogP contribution in [0.15, 0.2) is 18.2 Å². The van der Waals surface area contributed by atoms with Crippen LogP contribution in [0.4, 0.5) is 0 Å². The highest BCUT2D eigenvalue weighted by molar-refractivity contribution is 5.34. The SMILES string of the molecule is CC.CCc1cc(O)cc(C(C)C)c1. The van der Waals surface area contributed by atoms with Crippen molar-refractivity contribution in [3.8, 4) is 5.75 Å². The molecule has 0 atom stereocenters. The summed E-state index contributed by atoms with van der Waals surface area (Å²) in [5.74, 6) is 0.875. The van der Waals surface area contributed by atoms with Gasteiger partial charge in [-0.2, -0.15) is 0 Å². The normalized spacial score (nSPS) is 9.57. The third kappa shape index (κ3) is 3.82. The van der Waals surface area contributed by atoms with Crippen LogP contribution in [-0.4, -0.2) is 5.11 Å². The van der Waals surface area contributed by atoms with Crippen molar-refractivity contribution in [3.63, 3.8) is 0 Å². The predicted molar refractivity (Wildman–Crippen MR) is 62.9 cm³/mol. The van der Waals surface area contributed by atoms with E-state index in [1.165, 1.54) is 11.1 Å². The van der Waals surface area contributed by atoms with Gasteiger partial charge in [0.1, 0.15) is 5.75 Å². The van der Waals surface area contributed by atoms with Crippen LogP contribution in [0.3, 0.4) is 0 Å². The van der Waals surface area contributed by atoms with E-state index in [0.717, 1.165) is 6.42 Å². The molecule has 0 aliphatic carbocycles. The number of rotatable bonds is 2. The summed E-state index contributed by atoms with van der Waals surface area (Å²) >= 11 is 0. The van der Waals surface area contributed by atoms with Gasteiger partial charge in [-0.25, -0.2) is 0 Å². The Kier molecular flexibility index (Phi) is 6.02. The monoisotopic (exact) mass is 194 g/mol. The van der Waals surface area contributed by atoms with Crippen LogP contribution in [-0.2, 0) is 6.42 Å². The van der Waals surface area contributed by atoms with Gasteiger partial charge in [-0.3, -0.25) is 0 Å². The smallest absolute Gasteiger partial charge is 0.116 e. The van der Waals surface area contributed by atoms with Crippen LogP contribution in [0.25, 0.3) is 0 Å². The lowest BCUT2D eigenvalue weighted by Gasteiger charge is -2.07.